The summed E-state index contributed by atoms with van der Waals surface area (Å²) in [5, 5.41) is 31.3. The first-order chi connectivity index (χ1) is 14.3. The average Bonchev–Trinajstić information content (AvgIpc) is 2.68. The van der Waals surface area contributed by atoms with Crippen molar-refractivity contribution in [3.63, 3.8) is 0 Å². The fourth-order valence-electron chi connectivity index (χ4n) is 3.09. The monoisotopic (exact) mass is 451 g/mol. The smallest absolute Gasteiger partial charge is 0.324 e. The summed E-state index contributed by atoms with van der Waals surface area (Å²) in [4.78, 5) is 17.9. The van der Waals surface area contributed by atoms with Crippen LogP contribution in [0.15, 0.2) is 0 Å². The van der Waals surface area contributed by atoms with E-state index in [1.807, 2.05) is 6.92 Å². The second-order valence-corrected chi connectivity index (χ2v) is 8.79. The minimum atomic E-state index is -0.989. The number of aliphatic hydroxyl groups is 2. The molecule has 0 aromatic heterocycles. The van der Waals surface area contributed by atoms with Crippen molar-refractivity contribution < 1.29 is 29.1 Å². The number of carbonyl (C=O) groups is 1. The van der Waals surface area contributed by atoms with E-state index in [0.29, 0.717) is 13.0 Å². The quantitative estimate of drug-likeness (QED) is 0.142. The molecule has 30 heavy (non-hydrogen) atoms. The van der Waals surface area contributed by atoms with Crippen LogP contribution in [0.4, 0.5) is 0 Å². The lowest BCUT2D eigenvalue weighted by Gasteiger charge is -2.32. The molecule has 0 aromatic carbocycles. The van der Waals surface area contributed by atoms with E-state index in [-0.39, 0.29) is 11.9 Å². The van der Waals surface area contributed by atoms with Crippen molar-refractivity contribution >= 4 is 18.0 Å². The molecule has 0 saturated heterocycles. The van der Waals surface area contributed by atoms with Crippen molar-refractivity contribution in [2.75, 3.05) is 12.3 Å². The first-order valence-corrected chi connectivity index (χ1v) is 12.5. The highest BCUT2D eigenvalue weighted by Gasteiger charge is 2.30. The molecule has 0 radical (unpaired) electrons. The highest BCUT2D eigenvalue weighted by atomic mass is 32.2. The van der Waals surface area contributed by atoms with Crippen LogP contribution in [0.5, 0.6) is 0 Å². The fraction of sp³-hybridized carbons (Fsp3) is 0.955. The van der Waals surface area contributed by atoms with Gasteiger partial charge in [0.2, 0.25) is 0 Å². The van der Waals surface area contributed by atoms with E-state index in [4.69, 9.17) is 9.02 Å². The lowest BCUT2D eigenvalue weighted by Crippen LogP contribution is -2.47. The molecule has 3 N–H and O–H groups in total. The van der Waals surface area contributed by atoms with E-state index in [1.165, 1.54) is 5.06 Å². The normalized spacial score (nSPS) is 16.9. The minimum absolute atomic E-state index is 0.174. The summed E-state index contributed by atoms with van der Waals surface area (Å²) in [6.45, 7) is 10.0. The second kappa shape index (κ2) is 18.2. The largest absolute Gasteiger partial charge is 0.480 e. The van der Waals surface area contributed by atoms with Crippen LogP contribution >= 0.6 is 12.0 Å². The standard InChI is InChI=1S/C22H45NO6S/c1-6-9-11-13-20(17(4)24)28-23(15-8-3)19(22(26)27)16-30-29-21(18(5)25)14-12-10-7-2/h17-21,24-25H,6-16H2,1-5H3,(H,26,27)/t17?,18?,19-,20?,21?/m0/s1. The van der Waals surface area contributed by atoms with Gasteiger partial charge in [-0.3, -0.25) is 9.63 Å². The minimum Gasteiger partial charge on any atom is -0.480 e. The Hall–Kier alpha value is -0.380. The number of nitrogens with zero attached hydrogens (tertiary/aromatic N) is 1. The van der Waals surface area contributed by atoms with E-state index in [2.05, 4.69) is 13.8 Å². The highest BCUT2D eigenvalue weighted by molar-refractivity contribution is 7.94. The van der Waals surface area contributed by atoms with Gasteiger partial charge < -0.3 is 19.5 Å². The lowest BCUT2D eigenvalue weighted by atomic mass is 10.1. The maximum Gasteiger partial charge on any atom is 0.324 e. The lowest BCUT2D eigenvalue weighted by molar-refractivity contribution is -0.241. The number of rotatable bonds is 20. The molecule has 0 heterocycles. The molecule has 0 bridgehead atoms. The van der Waals surface area contributed by atoms with Gasteiger partial charge in [0, 0.05) is 12.3 Å². The van der Waals surface area contributed by atoms with Gasteiger partial charge in [0.05, 0.1) is 18.3 Å². The molecule has 4 unspecified atom stereocenters. The third-order valence-corrected chi connectivity index (χ3v) is 5.86. The number of hydrogen-bond donors (Lipinski definition) is 3. The number of aliphatic carboxylic acids is 1. The van der Waals surface area contributed by atoms with Crippen molar-refractivity contribution in [2.24, 2.45) is 0 Å². The molecule has 0 spiro atoms. The fourth-order valence-corrected chi connectivity index (χ4v) is 4.04. The molecule has 180 valence electrons. The number of carboxylic acid groups (broad SMARTS) is 1. The Bertz CT molecular complexity index is 424. The summed E-state index contributed by atoms with van der Waals surface area (Å²) in [6.07, 6.45) is 6.27. The predicted molar refractivity (Wildman–Crippen MR) is 122 cm³/mol. The zero-order chi connectivity index (χ0) is 22.9. The van der Waals surface area contributed by atoms with E-state index in [9.17, 15) is 20.1 Å². The van der Waals surface area contributed by atoms with Crippen molar-refractivity contribution in [1.82, 2.24) is 5.06 Å². The van der Waals surface area contributed by atoms with Crippen LogP contribution < -0.4 is 0 Å². The molecule has 8 heteroatoms. The van der Waals surface area contributed by atoms with Gasteiger partial charge in [-0.15, -0.1) is 0 Å². The molecule has 7 nitrogen and oxygen atoms in total. The zero-order valence-electron chi connectivity index (χ0n) is 19.6. The van der Waals surface area contributed by atoms with Crippen molar-refractivity contribution in [1.29, 1.82) is 0 Å². The Labute approximate surface area is 187 Å². The Morgan fingerprint density at radius 1 is 0.900 bits per heavy atom. The molecule has 0 aliphatic heterocycles. The summed E-state index contributed by atoms with van der Waals surface area (Å²) in [7, 11) is 0. The van der Waals surface area contributed by atoms with Gasteiger partial charge in [-0.2, -0.15) is 5.06 Å². The molecule has 5 atom stereocenters. The molecular formula is C22H45NO6S. The molecule has 0 amide bonds. The van der Waals surface area contributed by atoms with Crippen LogP contribution in [0.2, 0.25) is 0 Å². The van der Waals surface area contributed by atoms with Crippen LogP contribution in [0.25, 0.3) is 0 Å². The Morgan fingerprint density at radius 3 is 1.87 bits per heavy atom. The first kappa shape index (κ1) is 29.6. The first-order valence-electron chi connectivity index (χ1n) is 11.6. The summed E-state index contributed by atoms with van der Waals surface area (Å²) in [5.74, 6) is -0.814. The summed E-state index contributed by atoms with van der Waals surface area (Å²) in [6, 6.07) is -0.896. The predicted octanol–water partition coefficient (Wildman–Crippen LogP) is 4.41. The average molecular weight is 452 g/mol. The van der Waals surface area contributed by atoms with Crippen LogP contribution in [-0.4, -0.2) is 69.1 Å². The molecule has 0 fully saturated rings. The molecule has 0 aromatic rings. The maximum atomic E-state index is 11.9. The Kier molecular flexibility index (Phi) is 18.0. The third-order valence-electron chi connectivity index (χ3n) is 5.03. The molecular weight excluding hydrogens is 406 g/mol. The Balaban J connectivity index is 4.95. The van der Waals surface area contributed by atoms with Crippen molar-refractivity contribution in [3.8, 4) is 0 Å². The number of hydrogen-bond acceptors (Lipinski definition) is 7. The van der Waals surface area contributed by atoms with Gasteiger partial charge >= 0.3 is 5.97 Å². The zero-order valence-corrected chi connectivity index (χ0v) is 20.4. The van der Waals surface area contributed by atoms with Crippen LogP contribution in [-0.2, 0) is 13.8 Å². The van der Waals surface area contributed by atoms with Crippen molar-refractivity contribution in [2.45, 2.75) is 123 Å². The summed E-state index contributed by atoms with van der Waals surface area (Å²) >= 11 is 1.07. The van der Waals surface area contributed by atoms with Gasteiger partial charge in [-0.05, 0) is 45.2 Å². The van der Waals surface area contributed by atoms with E-state index in [1.54, 1.807) is 13.8 Å². The number of hydroxylamine groups is 2. The van der Waals surface area contributed by atoms with Gasteiger partial charge in [-0.1, -0.05) is 59.3 Å². The molecule has 0 aliphatic rings. The summed E-state index contributed by atoms with van der Waals surface area (Å²) in [5.41, 5.74) is 0. The number of unbranched alkanes of at least 4 members (excludes halogenated alkanes) is 4. The number of carboxylic acids is 1. The van der Waals surface area contributed by atoms with Crippen LogP contribution in [0, 0.1) is 0 Å². The number of aliphatic hydroxyl groups excluding tert-OH is 2. The van der Waals surface area contributed by atoms with Gasteiger partial charge in [0.25, 0.3) is 0 Å². The van der Waals surface area contributed by atoms with Crippen molar-refractivity contribution in [3.05, 3.63) is 0 Å². The third kappa shape index (κ3) is 13.1. The SMILES string of the molecule is CCCCCC(OSC[C@@H](C(=O)O)N(CCC)OC(CCCCC)C(C)O)C(C)O. The van der Waals surface area contributed by atoms with E-state index >= 15 is 0 Å². The molecule has 0 rings (SSSR count). The maximum absolute atomic E-state index is 11.9. The second-order valence-electron chi connectivity index (χ2n) is 8.03. The van der Waals surface area contributed by atoms with Crippen LogP contribution in [0.1, 0.15) is 92.4 Å². The van der Waals surface area contributed by atoms with Gasteiger partial charge in [0.1, 0.15) is 12.1 Å². The van der Waals surface area contributed by atoms with Gasteiger partial charge in [-0.25, -0.2) is 0 Å². The highest BCUT2D eigenvalue weighted by Crippen LogP contribution is 2.21. The summed E-state index contributed by atoms with van der Waals surface area (Å²) < 4.78 is 5.76. The molecule has 0 saturated carbocycles. The van der Waals surface area contributed by atoms with E-state index < -0.39 is 30.3 Å². The van der Waals surface area contributed by atoms with E-state index in [0.717, 1.165) is 63.4 Å². The molecule has 0 aliphatic carbocycles. The van der Waals surface area contributed by atoms with Crippen LogP contribution in [0.3, 0.4) is 0 Å². The topological polar surface area (TPSA) is 99.5 Å². The Morgan fingerprint density at radius 2 is 1.43 bits per heavy atom. The van der Waals surface area contributed by atoms with Gasteiger partial charge in [0.15, 0.2) is 0 Å².